The lowest BCUT2D eigenvalue weighted by Gasteiger charge is -2.25. The Morgan fingerprint density at radius 2 is 1.84 bits per heavy atom. The van der Waals surface area contributed by atoms with E-state index >= 15 is 0 Å². The molecule has 1 aliphatic heterocycles. The standard InChI is InChI=1S/C25H23FN2O2S/c1-17-7-13-21(26)22(15-17)28-24(30)16-31-25(28)19-9-11-20(12-10-19)27-23(29)14-8-18-5-3-2-4-6-18/h2-7,9-13,15,25H,8,14,16H2,1H3,(H,27,29)/t25-/m0/s1. The second-order valence-corrected chi connectivity index (χ2v) is 8.61. The number of thioether (sulfide) groups is 1. The second kappa shape index (κ2) is 9.35. The number of carbonyl (C=O) groups excluding carboxylic acids is 2. The van der Waals surface area contributed by atoms with Gasteiger partial charge in [-0.2, -0.15) is 0 Å². The van der Waals surface area contributed by atoms with Gasteiger partial charge in [0.1, 0.15) is 11.2 Å². The highest BCUT2D eigenvalue weighted by molar-refractivity contribution is 8.00. The first-order chi connectivity index (χ1) is 15.0. The summed E-state index contributed by atoms with van der Waals surface area (Å²) in [6.45, 7) is 1.88. The fraction of sp³-hybridized carbons (Fsp3) is 0.200. The van der Waals surface area contributed by atoms with Gasteiger partial charge in [-0.05, 0) is 54.3 Å². The van der Waals surface area contributed by atoms with Gasteiger partial charge in [0.15, 0.2) is 0 Å². The molecular weight excluding hydrogens is 411 g/mol. The number of nitrogens with one attached hydrogen (secondary N) is 1. The fourth-order valence-corrected chi connectivity index (χ4v) is 4.76. The van der Waals surface area contributed by atoms with Crippen LogP contribution in [0.2, 0.25) is 0 Å². The van der Waals surface area contributed by atoms with E-state index in [0.29, 0.717) is 30.0 Å². The van der Waals surface area contributed by atoms with Crippen LogP contribution in [0.15, 0.2) is 72.8 Å². The van der Waals surface area contributed by atoms with E-state index in [2.05, 4.69) is 5.32 Å². The van der Waals surface area contributed by atoms with Gasteiger partial charge in [-0.25, -0.2) is 4.39 Å². The average Bonchev–Trinajstić information content (AvgIpc) is 3.16. The van der Waals surface area contributed by atoms with Crippen molar-refractivity contribution in [1.29, 1.82) is 0 Å². The van der Waals surface area contributed by atoms with Crippen LogP contribution in [-0.4, -0.2) is 17.6 Å². The fourth-order valence-electron chi connectivity index (χ4n) is 3.60. The lowest BCUT2D eigenvalue weighted by atomic mass is 10.1. The van der Waals surface area contributed by atoms with Crippen LogP contribution in [-0.2, 0) is 16.0 Å². The predicted molar refractivity (Wildman–Crippen MR) is 124 cm³/mol. The number of nitrogens with zero attached hydrogens (tertiary/aromatic N) is 1. The van der Waals surface area contributed by atoms with Crippen molar-refractivity contribution in [2.75, 3.05) is 16.0 Å². The maximum absolute atomic E-state index is 14.4. The maximum Gasteiger partial charge on any atom is 0.238 e. The van der Waals surface area contributed by atoms with Gasteiger partial charge in [-0.1, -0.05) is 48.5 Å². The van der Waals surface area contributed by atoms with E-state index in [4.69, 9.17) is 0 Å². The van der Waals surface area contributed by atoms with Gasteiger partial charge in [0.05, 0.1) is 11.4 Å². The van der Waals surface area contributed by atoms with Gasteiger partial charge >= 0.3 is 0 Å². The van der Waals surface area contributed by atoms with Crippen molar-refractivity contribution in [2.45, 2.75) is 25.1 Å². The molecule has 4 nitrogen and oxygen atoms in total. The third kappa shape index (κ3) is 4.97. The first-order valence-electron chi connectivity index (χ1n) is 10.1. The molecule has 2 amide bonds. The zero-order chi connectivity index (χ0) is 21.8. The molecule has 3 aromatic rings. The molecule has 0 radical (unpaired) electrons. The van der Waals surface area contributed by atoms with Crippen molar-refractivity contribution in [3.63, 3.8) is 0 Å². The Hall–Kier alpha value is -3.12. The second-order valence-electron chi connectivity index (χ2n) is 7.54. The molecule has 0 bridgehead atoms. The summed E-state index contributed by atoms with van der Waals surface area (Å²) in [5, 5.41) is 2.61. The Bertz CT molecular complexity index is 1090. The molecule has 0 unspecified atom stereocenters. The molecule has 4 rings (SSSR count). The minimum atomic E-state index is -0.409. The minimum absolute atomic E-state index is 0.0505. The molecule has 3 aromatic carbocycles. The number of halogens is 1. The van der Waals surface area contributed by atoms with Crippen LogP contribution in [0, 0.1) is 12.7 Å². The van der Waals surface area contributed by atoms with E-state index in [-0.39, 0.29) is 17.2 Å². The Morgan fingerprint density at radius 3 is 2.58 bits per heavy atom. The summed E-state index contributed by atoms with van der Waals surface area (Å²) < 4.78 is 14.4. The van der Waals surface area contributed by atoms with Gasteiger partial charge in [0, 0.05) is 12.1 Å². The highest BCUT2D eigenvalue weighted by atomic mass is 32.2. The Balaban J connectivity index is 1.44. The molecule has 1 atom stereocenters. The van der Waals surface area contributed by atoms with Gasteiger partial charge in [-0.3, -0.25) is 14.5 Å². The Kier molecular flexibility index (Phi) is 6.37. The summed E-state index contributed by atoms with van der Waals surface area (Å²) in [6.07, 6.45) is 1.09. The van der Waals surface area contributed by atoms with Crippen LogP contribution in [0.5, 0.6) is 0 Å². The third-order valence-corrected chi connectivity index (χ3v) is 6.40. The summed E-state index contributed by atoms with van der Waals surface area (Å²) in [5.41, 5.74) is 3.91. The number of hydrogen-bond acceptors (Lipinski definition) is 3. The normalized spacial score (nSPS) is 15.9. The molecule has 31 heavy (non-hydrogen) atoms. The number of carbonyl (C=O) groups is 2. The third-order valence-electron chi connectivity index (χ3n) is 5.19. The van der Waals surface area contributed by atoms with Crippen molar-refractivity contribution in [1.82, 2.24) is 0 Å². The Labute approximate surface area is 185 Å². The largest absolute Gasteiger partial charge is 0.326 e. The summed E-state index contributed by atoms with van der Waals surface area (Å²) in [6, 6.07) is 22.1. The number of hydrogen-bond donors (Lipinski definition) is 1. The SMILES string of the molecule is Cc1ccc(F)c(N2C(=O)CS[C@H]2c2ccc(NC(=O)CCc3ccccc3)cc2)c1. The van der Waals surface area contributed by atoms with Crippen molar-refractivity contribution < 1.29 is 14.0 Å². The van der Waals surface area contributed by atoms with Crippen molar-refractivity contribution >= 4 is 35.0 Å². The summed E-state index contributed by atoms with van der Waals surface area (Å²) in [7, 11) is 0. The predicted octanol–water partition coefficient (Wildman–Crippen LogP) is 5.48. The van der Waals surface area contributed by atoms with Gasteiger partial charge < -0.3 is 5.32 Å². The number of rotatable bonds is 6. The number of benzene rings is 3. The minimum Gasteiger partial charge on any atom is -0.326 e. The molecule has 6 heteroatoms. The average molecular weight is 435 g/mol. The lowest BCUT2D eigenvalue weighted by molar-refractivity contribution is -0.116. The van der Waals surface area contributed by atoms with Crippen molar-refractivity contribution in [3.8, 4) is 0 Å². The highest BCUT2D eigenvalue weighted by Crippen LogP contribution is 2.43. The summed E-state index contributed by atoms with van der Waals surface area (Å²) in [4.78, 5) is 26.3. The van der Waals surface area contributed by atoms with Crippen LogP contribution < -0.4 is 10.2 Å². The topological polar surface area (TPSA) is 49.4 Å². The van der Waals surface area contributed by atoms with E-state index in [9.17, 15) is 14.0 Å². The van der Waals surface area contributed by atoms with E-state index in [0.717, 1.165) is 16.7 Å². The molecule has 0 spiro atoms. The van der Waals surface area contributed by atoms with E-state index < -0.39 is 5.82 Å². The van der Waals surface area contributed by atoms with E-state index in [1.807, 2.05) is 61.5 Å². The zero-order valence-electron chi connectivity index (χ0n) is 17.2. The van der Waals surface area contributed by atoms with Crippen LogP contribution in [0.4, 0.5) is 15.8 Å². The molecular formula is C25H23FN2O2S. The quantitative estimate of drug-likeness (QED) is 0.559. The van der Waals surface area contributed by atoms with Crippen LogP contribution in [0.1, 0.15) is 28.5 Å². The van der Waals surface area contributed by atoms with Gasteiger partial charge in [0.2, 0.25) is 11.8 Å². The Morgan fingerprint density at radius 1 is 1.10 bits per heavy atom. The van der Waals surface area contributed by atoms with Crippen LogP contribution in [0.25, 0.3) is 0 Å². The van der Waals surface area contributed by atoms with Gasteiger partial charge in [0.25, 0.3) is 0 Å². The van der Waals surface area contributed by atoms with E-state index in [1.165, 1.54) is 22.7 Å². The number of anilines is 2. The molecule has 0 saturated carbocycles. The zero-order valence-corrected chi connectivity index (χ0v) is 18.0. The first-order valence-corrected chi connectivity index (χ1v) is 11.2. The molecule has 1 saturated heterocycles. The van der Waals surface area contributed by atoms with Crippen molar-refractivity contribution in [3.05, 3.63) is 95.3 Å². The molecule has 1 N–H and O–H groups in total. The molecule has 1 heterocycles. The van der Waals surface area contributed by atoms with Crippen LogP contribution >= 0.6 is 11.8 Å². The first kappa shape index (κ1) is 21.1. The molecule has 1 fully saturated rings. The lowest BCUT2D eigenvalue weighted by Crippen LogP contribution is -2.28. The summed E-state index contributed by atoms with van der Waals surface area (Å²) in [5.74, 6) is -0.271. The molecule has 158 valence electrons. The molecule has 1 aliphatic rings. The van der Waals surface area contributed by atoms with E-state index in [1.54, 1.807) is 12.1 Å². The highest BCUT2D eigenvalue weighted by Gasteiger charge is 2.35. The number of aryl methyl sites for hydroxylation is 2. The monoisotopic (exact) mass is 434 g/mol. The van der Waals surface area contributed by atoms with Crippen LogP contribution in [0.3, 0.4) is 0 Å². The number of amides is 2. The molecule has 0 aliphatic carbocycles. The van der Waals surface area contributed by atoms with Gasteiger partial charge in [-0.15, -0.1) is 11.8 Å². The van der Waals surface area contributed by atoms with Crippen molar-refractivity contribution in [2.24, 2.45) is 0 Å². The summed E-state index contributed by atoms with van der Waals surface area (Å²) >= 11 is 1.47. The maximum atomic E-state index is 14.4. The molecule has 0 aromatic heterocycles. The smallest absolute Gasteiger partial charge is 0.238 e.